The standard InChI is InChI=1S/C25H21ClN2O2/c1-16-7-12-23(17(2)13-16)28(25(30)18-8-10-20(26)11-9-18)15-19-14-24(29)27-22-6-4-3-5-21(19)22/h3-14H,15H2,1-2H3,(H,27,29). The van der Waals surface area contributed by atoms with Crippen molar-refractivity contribution in [3.63, 3.8) is 0 Å². The fourth-order valence-corrected chi connectivity index (χ4v) is 3.83. The Morgan fingerprint density at radius 1 is 0.967 bits per heavy atom. The lowest BCUT2D eigenvalue weighted by molar-refractivity contribution is 0.0985. The van der Waals surface area contributed by atoms with Gasteiger partial charge in [0.1, 0.15) is 0 Å². The molecule has 5 heteroatoms. The zero-order chi connectivity index (χ0) is 21.3. The summed E-state index contributed by atoms with van der Waals surface area (Å²) >= 11 is 6.01. The van der Waals surface area contributed by atoms with Crippen molar-refractivity contribution in [2.45, 2.75) is 20.4 Å². The average molecular weight is 417 g/mol. The highest BCUT2D eigenvalue weighted by molar-refractivity contribution is 6.30. The Morgan fingerprint density at radius 3 is 2.43 bits per heavy atom. The summed E-state index contributed by atoms with van der Waals surface area (Å²) in [4.78, 5) is 30.3. The average Bonchev–Trinajstić information content (AvgIpc) is 2.72. The van der Waals surface area contributed by atoms with Gasteiger partial charge in [-0.05, 0) is 61.4 Å². The SMILES string of the molecule is Cc1ccc(N(Cc2cc(=O)[nH]c3ccccc23)C(=O)c2ccc(Cl)cc2)c(C)c1. The molecular weight excluding hydrogens is 396 g/mol. The lowest BCUT2D eigenvalue weighted by Gasteiger charge is -2.26. The summed E-state index contributed by atoms with van der Waals surface area (Å²) in [7, 11) is 0. The van der Waals surface area contributed by atoms with Gasteiger partial charge in [-0.25, -0.2) is 0 Å². The predicted molar refractivity (Wildman–Crippen MR) is 122 cm³/mol. The van der Waals surface area contributed by atoms with E-state index in [1.807, 2.05) is 56.3 Å². The first-order chi connectivity index (χ1) is 14.4. The molecule has 0 saturated carbocycles. The molecular formula is C25H21ClN2O2. The van der Waals surface area contributed by atoms with Gasteiger partial charge in [0.2, 0.25) is 5.56 Å². The molecule has 0 radical (unpaired) electrons. The van der Waals surface area contributed by atoms with E-state index >= 15 is 0 Å². The fourth-order valence-electron chi connectivity index (χ4n) is 3.70. The first-order valence-corrected chi connectivity index (χ1v) is 10.1. The summed E-state index contributed by atoms with van der Waals surface area (Å²) in [5.74, 6) is -0.150. The highest BCUT2D eigenvalue weighted by Crippen LogP contribution is 2.27. The van der Waals surface area contributed by atoms with Crippen molar-refractivity contribution in [2.24, 2.45) is 0 Å². The van der Waals surface area contributed by atoms with Gasteiger partial charge in [-0.3, -0.25) is 9.59 Å². The smallest absolute Gasteiger partial charge is 0.258 e. The number of amides is 1. The monoisotopic (exact) mass is 416 g/mol. The molecule has 1 amide bonds. The molecule has 0 atom stereocenters. The van der Waals surface area contributed by atoms with E-state index in [1.165, 1.54) is 0 Å². The molecule has 0 spiro atoms. The Balaban J connectivity index is 1.85. The molecule has 1 N–H and O–H groups in total. The molecule has 0 aliphatic rings. The van der Waals surface area contributed by atoms with Gasteiger partial charge in [-0.15, -0.1) is 0 Å². The van der Waals surface area contributed by atoms with Crippen molar-refractivity contribution in [3.05, 3.63) is 110 Å². The molecule has 0 fully saturated rings. The summed E-state index contributed by atoms with van der Waals surface area (Å²) in [5, 5.41) is 1.49. The van der Waals surface area contributed by atoms with Gasteiger partial charge in [0, 0.05) is 33.2 Å². The van der Waals surface area contributed by atoms with E-state index in [-0.39, 0.29) is 18.0 Å². The number of anilines is 1. The number of halogens is 1. The van der Waals surface area contributed by atoms with E-state index in [4.69, 9.17) is 11.6 Å². The number of aromatic amines is 1. The number of nitrogens with one attached hydrogen (secondary N) is 1. The van der Waals surface area contributed by atoms with Crippen LogP contribution >= 0.6 is 11.6 Å². The zero-order valence-corrected chi connectivity index (χ0v) is 17.5. The predicted octanol–water partition coefficient (Wildman–Crippen LogP) is 5.65. The highest BCUT2D eigenvalue weighted by atomic mass is 35.5. The molecule has 3 aromatic carbocycles. The first-order valence-electron chi connectivity index (χ1n) is 9.68. The summed E-state index contributed by atoms with van der Waals surface area (Å²) in [5.41, 5.74) is 4.81. The van der Waals surface area contributed by atoms with E-state index in [2.05, 4.69) is 4.98 Å². The summed E-state index contributed by atoms with van der Waals surface area (Å²) in [6.07, 6.45) is 0. The Bertz CT molecular complexity index is 1290. The van der Waals surface area contributed by atoms with E-state index in [1.54, 1.807) is 35.2 Å². The van der Waals surface area contributed by atoms with Gasteiger partial charge in [0.25, 0.3) is 5.91 Å². The van der Waals surface area contributed by atoms with E-state index in [0.29, 0.717) is 10.6 Å². The Kier molecular flexibility index (Phi) is 5.42. The maximum atomic E-state index is 13.5. The van der Waals surface area contributed by atoms with Crippen molar-refractivity contribution in [1.82, 2.24) is 4.98 Å². The molecule has 4 nitrogen and oxygen atoms in total. The molecule has 4 rings (SSSR count). The van der Waals surface area contributed by atoms with Crippen molar-refractivity contribution < 1.29 is 4.79 Å². The largest absolute Gasteiger partial charge is 0.322 e. The normalized spacial score (nSPS) is 10.9. The van der Waals surface area contributed by atoms with Crippen LogP contribution in [0, 0.1) is 13.8 Å². The number of carbonyl (C=O) groups excluding carboxylic acids is 1. The second-order valence-electron chi connectivity index (χ2n) is 7.39. The summed E-state index contributed by atoms with van der Waals surface area (Å²) in [6.45, 7) is 4.28. The van der Waals surface area contributed by atoms with E-state index in [0.717, 1.165) is 33.3 Å². The van der Waals surface area contributed by atoms with Crippen LogP contribution in [-0.4, -0.2) is 10.9 Å². The Labute approximate surface area is 179 Å². The third-order valence-electron chi connectivity index (χ3n) is 5.14. The van der Waals surface area contributed by atoms with Gasteiger partial charge in [0.05, 0.1) is 6.54 Å². The van der Waals surface area contributed by atoms with Crippen molar-refractivity contribution in [3.8, 4) is 0 Å². The van der Waals surface area contributed by atoms with Crippen LogP contribution in [0.25, 0.3) is 10.9 Å². The lowest BCUT2D eigenvalue weighted by atomic mass is 10.0. The maximum Gasteiger partial charge on any atom is 0.258 e. The van der Waals surface area contributed by atoms with Gasteiger partial charge < -0.3 is 9.88 Å². The number of pyridine rings is 1. The topological polar surface area (TPSA) is 53.2 Å². The van der Waals surface area contributed by atoms with E-state index in [9.17, 15) is 9.59 Å². The second-order valence-corrected chi connectivity index (χ2v) is 7.83. The molecule has 1 aromatic heterocycles. The lowest BCUT2D eigenvalue weighted by Crippen LogP contribution is -2.31. The van der Waals surface area contributed by atoms with Crippen molar-refractivity contribution >= 4 is 34.1 Å². The number of carbonyl (C=O) groups is 1. The molecule has 0 aliphatic heterocycles. The number of aryl methyl sites for hydroxylation is 2. The zero-order valence-electron chi connectivity index (χ0n) is 16.8. The third kappa shape index (κ3) is 4.00. The van der Waals surface area contributed by atoms with Gasteiger partial charge in [-0.2, -0.15) is 0 Å². The number of rotatable bonds is 4. The second kappa shape index (κ2) is 8.17. The molecule has 0 bridgehead atoms. The van der Waals surface area contributed by atoms with Crippen LogP contribution in [-0.2, 0) is 6.54 Å². The van der Waals surface area contributed by atoms with Crippen LogP contribution in [0.1, 0.15) is 27.0 Å². The van der Waals surface area contributed by atoms with Gasteiger partial charge in [-0.1, -0.05) is 47.5 Å². The van der Waals surface area contributed by atoms with Gasteiger partial charge >= 0.3 is 0 Å². The fraction of sp³-hybridized carbons (Fsp3) is 0.120. The van der Waals surface area contributed by atoms with Gasteiger partial charge in [0.15, 0.2) is 0 Å². The first kappa shape index (κ1) is 19.9. The van der Waals surface area contributed by atoms with Crippen LogP contribution < -0.4 is 10.5 Å². The van der Waals surface area contributed by atoms with Crippen molar-refractivity contribution in [2.75, 3.05) is 4.90 Å². The highest BCUT2D eigenvalue weighted by Gasteiger charge is 2.21. The number of fused-ring (bicyclic) bond motifs is 1. The van der Waals surface area contributed by atoms with Crippen LogP contribution in [0.3, 0.4) is 0 Å². The Morgan fingerprint density at radius 2 is 1.70 bits per heavy atom. The number of H-pyrrole nitrogens is 1. The van der Waals surface area contributed by atoms with Crippen LogP contribution in [0.5, 0.6) is 0 Å². The molecule has 0 aliphatic carbocycles. The molecule has 0 saturated heterocycles. The number of benzene rings is 3. The molecule has 150 valence electrons. The molecule has 0 unspecified atom stereocenters. The molecule has 1 heterocycles. The minimum atomic E-state index is -0.191. The van der Waals surface area contributed by atoms with E-state index < -0.39 is 0 Å². The number of hydrogen-bond donors (Lipinski definition) is 1. The van der Waals surface area contributed by atoms with Crippen LogP contribution in [0.4, 0.5) is 5.69 Å². The summed E-state index contributed by atoms with van der Waals surface area (Å²) in [6, 6.07) is 22.0. The number of aromatic nitrogens is 1. The van der Waals surface area contributed by atoms with Crippen LogP contribution in [0.2, 0.25) is 5.02 Å². The Hall–Kier alpha value is -3.37. The number of para-hydroxylation sites is 1. The molecule has 4 aromatic rings. The van der Waals surface area contributed by atoms with Crippen molar-refractivity contribution in [1.29, 1.82) is 0 Å². The summed E-state index contributed by atoms with van der Waals surface area (Å²) < 4.78 is 0. The maximum absolute atomic E-state index is 13.5. The minimum absolute atomic E-state index is 0.150. The minimum Gasteiger partial charge on any atom is -0.322 e. The van der Waals surface area contributed by atoms with Crippen LogP contribution in [0.15, 0.2) is 77.6 Å². The third-order valence-corrected chi connectivity index (χ3v) is 5.40. The molecule has 30 heavy (non-hydrogen) atoms. The number of nitrogens with zero attached hydrogens (tertiary/aromatic N) is 1. The quantitative estimate of drug-likeness (QED) is 0.467. The number of hydrogen-bond acceptors (Lipinski definition) is 2.